The number of rotatable bonds is 4. The van der Waals surface area contributed by atoms with E-state index in [2.05, 4.69) is 5.32 Å². The topological polar surface area (TPSA) is 62.1 Å². The number of hydrogen-bond acceptors (Lipinski definition) is 3. The lowest BCUT2D eigenvalue weighted by atomic mass is 10.2. The molecule has 2 aromatic rings. The van der Waals surface area contributed by atoms with Crippen molar-refractivity contribution in [3.05, 3.63) is 59.7 Å². The van der Waals surface area contributed by atoms with E-state index in [4.69, 9.17) is 10.00 Å². The number of ether oxygens (including phenoxy) is 1. The van der Waals surface area contributed by atoms with Crippen molar-refractivity contribution in [3.8, 4) is 11.8 Å². The number of nitrogens with zero attached hydrogens (tertiary/aromatic N) is 1. The predicted octanol–water partition coefficient (Wildman–Crippen LogP) is 3.59. The lowest BCUT2D eigenvalue weighted by Crippen LogP contribution is -2.20. The first kappa shape index (κ1) is 16.4. The number of amides is 1. The van der Waals surface area contributed by atoms with Crippen LogP contribution < -0.4 is 10.1 Å². The van der Waals surface area contributed by atoms with Crippen molar-refractivity contribution in [2.24, 2.45) is 0 Å². The zero-order valence-electron chi connectivity index (χ0n) is 11.7. The smallest absolute Gasteiger partial charge is 0.416 e. The Balaban J connectivity index is 1.96. The van der Waals surface area contributed by atoms with Crippen LogP contribution in [-0.2, 0) is 11.0 Å². The van der Waals surface area contributed by atoms with Gasteiger partial charge in [0.1, 0.15) is 5.75 Å². The summed E-state index contributed by atoms with van der Waals surface area (Å²) in [4.78, 5) is 11.7. The summed E-state index contributed by atoms with van der Waals surface area (Å²) < 4.78 is 42.9. The molecule has 0 aromatic heterocycles. The van der Waals surface area contributed by atoms with Gasteiger partial charge in [0, 0.05) is 5.69 Å². The summed E-state index contributed by atoms with van der Waals surface area (Å²) in [5.41, 5.74) is -0.446. The Bertz CT molecular complexity index is 751. The number of anilines is 1. The van der Waals surface area contributed by atoms with Gasteiger partial charge in [0.25, 0.3) is 5.91 Å². The number of alkyl halides is 3. The Hall–Kier alpha value is -3.01. The molecule has 0 spiro atoms. The summed E-state index contributed by atoms with van der Waals surface area (Å²) in [6.45, 7) is -0.384. The van der Waals surface area contributed by atoms with Crippen molar-refractivity contribution in [2.45, 2.75) is 6.18 Å². The first-order valence-corrected chi connectivity index (χ1v) is 6.48. The number of carbonyl (C=O) groups is 1. The fourth-order valence-corrected chi connectivity index (χ4v) is 1.77. The Kier molecular flexibility index (Phi) is 4.86. The maximum absolute atomic E-state index is 12.6. The van der Waals surface area contributed by atoms with E-state index in [1.165, 1.54) is 18.2 Å². The van der Waals surface area contributed by atoms with Crippen molar-refractivity contribution in [2.75, 3.05) is 11.9 Å². The molecule has 0 bridgehead atoms. The van der Waals surface area contributed by atoms with E-state index >= 15 is 0 Å². The fraction of sp³-hybridized carbons (Fsp3) is 0.125. The van der Waals surface area contributed by atoms with Gasteiger partial charge in [0.2, 0.25) is 0 Å². The summed E-state index contributed by atoms with van der Waals surface area (Å²) in [6, 6.07) is 12.4. The van der Waals surface area contributed by atoms with Crippen LogP contribution in [0.4, 0.5) is 18.9 Å². The van der Waals surface area contributed by atoms with E-state index in [0.29, 0.717) is 11.3 Å². The third-order valence-corrected chi connectivity index (χ3v) is 2.81. The van der Waals surface area contributed by atoms with Crippen LogP contribution in [0.1, 0.15) is 11.1 Å². The molecule has 2 rings (SSSR count). The molecule has 0 heterocycles. The average molecular weight is 320 g/mol. The largest absolute Gasteiger partial charge is 0.484 e. The molecule has 118 valence electrons. The van der Waals surface area contributed by atoms with Crippen LogP contribution in [0.2, 0.25) is 0 Å². The Morgan fingerprint density at radius 1 is 1.17 bits per heavy atom. The molecule has 0 aliphatic heterocycles. The SMILES string of the molecule is N#Cc1cccc(OCC(=O)Nc2cccc(C(F)(F)F)c2)c1. The van der Waals surface area contributed by atoms with E-state index in [9.17, 15) is 18.0 Å². The van der Waals surface area contributed by atoms with Crippen molar-refractivity contribution >= 4 is 11.6 Å². The van der Waals surface area contributed by atoms with Crippen LogP contribution >= 0.6 is 0 Å². The second kappa shape index (κ2) is 6.83. The maximum Gasteiger partial charge on any atom is 0.416 e. The Morgan fingerprint density at radius 2 is 1.91 bits per heavy atom. The van der Waals surface area contributed by atoms with E-state index in [-0.39, 0.29) is 12.3 Å². The van der Waals surface area contributed by atoms with Crippen LogP contribution in [0.15, 0.2) is 48.5 Å². The monoisotopic (exact) mass is 320 g/mol. The van der Waals surface area contributed by atoms with E-state index in [1.54, 1.807) is 18.2 Å². The molecule has 7 heteroatoms. The molecule has 23 heavy (non-hydrogen) atoms. The average Bonchev–Trinajstić information content (AvgIpc) is 2.52. The number of nitrogens with one attached hydrogen (secondary N) is 1. The first-order chi connectivity index (χ1) is 10.9. The van der Waals surface area contributed by atoms with Gasteiger partial charge in [-0.15, -0.1) is 0 Å². The zero-order chi connectivity index (χ0) is 16.9. The Morgan fingerprint density at radius 3 is 2.61 bits per heavy atom. The summed E-state index contributed by atoms with van der Waals surface area (Å²) in [6.07, 6.45) is -4.48. The molecule has 1 N–H and O–H groups in total. The molecule has 0 unspecified atom stereocenters. The predicted molar refractivity (Wildman–Crippen MR) is 76.7 cm³/mol. The maximum atomic E-state index is 12.6. The molecule has 4 nitrogen and oxygen atoms in total. The number of halogens is 3. The molecule has 0 atom stereocenters. The Labute approximate surface area is 130 Å². The van der Waals surface area contributed by atoms with Gasteiger partial charge < -0.3 is 10.1 Å². The highest BCUT2D eigenvalue weighted by Gasteiger charge is 2.30. The number of hydrogen-bond donors (Lipinski definition) is 1. The highest BCUT2D eigenvalue weighted by Crippen LogP contribution is 2.30. The first-order valence-electron chi connectivity index (χ1n) is 6.48. The molecule has 2 aromatic carbocycles. The van der Waals surface area contributed by atoms with E-state index in [1.807, 2.05) is 6.07 Å². The van der Waals surface area contributed by atoms with Crippen LogP contribution in [0, 0.1) is 11.3 Å². The second-order valence-electron chi connectivity index (χ2n) is 4.56. The lowest BCUT2D eigenvalue weighted by molar-refractivity contribution is -0.137. The van der Waals surface area contributed by atoms with Gasteiger partial charge in [-0.1, -0.05) is 12.1 Å². The normalized spacial score (nSPS) is 10.7. The third-order valence-electron chi connectivity index (χ3n) is 2.81. The summed E-state index contributed by atoms with van der Waals surface area (Å²) >= 11 is 0. The van der Waals surface area contributed by atoms with Gasteiger partial charge in [-0.3, -0.25) is 4.79 Å². The minimum absolute atomic E-state index is 0.0270. The van der Waals surface area contributed by atoms with Gasteiger partial charge >= 0.3 is 6.18 Å². The third kappa shape index (κ3) is 4.74. The van der Waals surface area contributed by atoms with Crippen molar-refractivity contribution in [1.29, 1.82) is 5.26 Å². The van der Waals surface area contributed by atoms with E-state index < -0.39 is 17.6 Å². The van der Waals surface area contributed by atoms with Gasteiger partial charge in [-0.05, 0) is 36.4 Å². The van der Waals surface area contributed by atoms with Crippen LogP contribution in [-0.4, -0.2) is 12.5 Å². The molecule has 0 aliphatic carbocycles. The second-order valence-corrected chi connectivity index (χ2v) is 4.56. The molecular formula is C16H11F3N2O2. The quantitative estimate of drug-likeness (QED) is 0.936. The van der Waals surface area contributed by atoms with Gasteiger partial charge in [0.05, 0.1) is 17.2 Å². The van der Waals surface area contributed by atoms with Crippen molar-refractivity contribution in [1.82, 2.24) is 0 Å². The molecule has 0 fully saturated rings. The number of nitriles is 1. The van der Waals surface area contributed by atoms with Gasteiger partial charge in [0.15, 0.2) is 6.61 Å². The van der Waals surface area contributed by atoms with Crippen LogP contribution in [0.25, 0.3) is 0 Å². The standard InChI is InChI=1S/C16H11F3N2O2/c17-16(18,19)12-4-2-5-13(8-12)21-15(22)10-23-14-6-1-3-11(7-14)9-20/h1-8H,10H2,(H,21,22). The van der Waals surface area contributed by atoms with Gasteiger partial charge in [-0.2, -0.15) is 18.4 Å². The van der Waals surface area contributed by atoms with Crippen LogP contribution in [0.5, 0.6) is 5.75 Å². The molecule has 0 aliphatic rings. The molecule has 0 saturated heterocycles. The number of carbonyl (C=O) groups excluding carboxylic acids is 1. The lowest BCUT2D eigenvalue weighted by Gasteiger charge is -2.10. The highest BCUT2D eigenvalue weighted by molar-refractivity contribution is 5.91. The zero-order valence-corrected chi connectivity index (χ0v) is 11.7. The molecule has 0 radical (unpaired) electrons. The molecular weight excluding hydrogens is 309 g/mol. The summed E-state index contributed by atoms with van der Waals surface area (Å²) in [5, 5.41) is 11.1. The fourth-order valence-electron chi connectivity index (χ4n) is 1.77. The van der Waals surface area contributed by atoms with Crippen molar-refractivity contribution in [3.63, 3.8) is 0 Å². The minimum Gasteiger partial charge on any atom is -0.484 e. The van der Waals surface area contributed by atoms with Crippen molar-refractivity contribution < 1.29 is 22.7 Å². The molecule has 0 saturated carbocycles. The van der Waals surface area contributed by atoms with E-state index in [0.717, 1.165) is 12.1 Å². The summed E-state index contributed by atoms with van der Waals surface area (Å²) in [5.74, 6) is -0.282. The van der Waals surface area contributed by atoms with Crippen LogP contribution in [0.3, 0.4) is 0 Å². The highest BCUT2D eigenvalue weighted by atomic mass is 19.4. The summed E-state index contributed by atoms with van der Waals surface area (Å²) in [7, 11) is 0. The van der Waals surface area contributed by atoms with Gasteiger partial charge in [-0.25, -0.2) is 0 Å². The minimum atomic E-state index is -4.48. The number of benzene rings is 2. The molecule has 1 amide bonds.